The molecule has 0 amide bonds. The molecule has 274 valence electrons. The summed E-state index contributed by atoms with van der Waals surface area (Å²) in [6, 6.07) is 67.7. The van der Waals surface area contributed by atoms with Crippen LogP contribution in [0, 0.1) is 0 Å². The molecular formula is C54H32N4O. The number of oxazole rings is 1. The minimum atomic E-state index is 0.606. The Kier molecular flexibility index (Phi) is 7.47. The minimum Gasteiger partial charge on any atom is -0.435 e. The molecule has 0 unspecified atom stereocenters. The van der Waals surface area contributed by atoms with E-state index in [4.69, 9.17) is 24.4 Å². The molecule has 2 aromatic heterocycles. The SMILES string of the molecule is c1ccc(-c2nc3ccc4ccc5ccc6c(-c7nc(-c8cccc(-c9ccc%10ccccc%10c9)c8)nc(-c8cccc9ccccc89)n7)cccc6c5c4c3o2)cc1. The molecule has 0 spiro atoms. The van der Waals surface area contributed by atoms with Crippen molar-refractivity contribution in [1.29, 1.82) is 0 Å². The molecule has 2 heterocycles. The van der Waals surface area contributed by atoms with Gasteiger partial charge in [-0.1, -0.05) is 164 Å². The van der Waals surface area contributed by atoms with E-state index < -0.39 is 0 Å². The highest BCUT2D eigenvalue weighted by Gasteiger charge is 2.19. The van der Waals surface area contributed by atoms with Gasteiger partial charge in [0.2, 0.25) is 5.89 Å². The van der Waals surface area contributed by atoms with Crippen LogP contribution < -0.4 is 0 Å². The molecule has 0 bridgehead atoms. The van der Waals surface area contributed by atoms with Crippen molar-refractivity contribution in [2.75, 3.05) is 0 Å². The zero-order chi connectivity index (χ0) is 38.9. The zero-order valence-electron chi connectivity index (χ0n) is 31.7. The Labute approximate surface area is 338 Å². The molecule has 0 saturated carbocycles. The van der Waals surface area contributed by atoms with E-state index in [0.717, 1.165) is 87.6 Å². The third-order valence-corrected chi connectivity index (χ3v) is 11.5. The van der Waals surface area contributed by atoms with Crippen LogP contribution in [0.25, 0.3) is 122 Å². The topological polar surface area (TPSA) is 64.7 Å². The Morgan fingerprint density at radius 2 is 0.881 bits per heavy atom. The molecule has 0 saturated heterocycles. The normalized spacial score (nSPS) is 11.7. The first-order valence-electron chi connectivity index (χ1n) is 19.8. The molecule has 10 aromatic carbocycles. The van der Waals surface area contributed by atoms with Gasteiger partial charge < -0.3 is 4.42 Å². The molecule has 0 N–H and O–H groups in total. The van der Waals surface area contributed by atoms with Gasteiger partial charge in [0.15, 0.2) is 23.1 Å². The molecule has 0 radical (unpaired) electrons. The summed E-state index contributed by atoms with van der Waals surface area (Å²) in [5, 5.41) is 11.1. The highest BCUT2D eigenvalue weighted by atomic mass is 16.3. The van der Waals surface area contributed by atoms with E-state index >= 15 is 0 Å². The number of rotatable bonds is 5. The van der Waals surface area contributed by atoms with Crippen LogP contribution in [0.15, 0.2) is 199 Å². The lowest BCUT2D eigenvalue weighted by Gasteiger charge is -2.14. The molecule has 0 aliphatic heterocycles. The van der Waals surface area contributed by atoms with E-state index in [1.165, 1.54) is 10.8 Å². The standard InChI is InChI=1S/C54H32N4O/c1-2-13-37(14-3-1)54-55-47-30-28-36-25-24-35-27-29-43-44(48(35)49(36)50(47)59-54)20-10-22-46(43)53-57-51(56-52(58-53)45-21-9-16-34-12-6-7-19-42(34)45)41-18-8-17-39(32-41)40-26-23-33-11-4-5-15-38(33)31-40/h1-32H. The van der Waals surface area contributed by atoms with E-state index in [-0.39, 0.29) is 0 Å². The molecule has 0 fully saturated rings. The molecule has 59 heavy (non-hydrogen) atoms. The van der Waals surface area contributed by atoms with Gasteiger partial charge in [0.1, 0.15) is 5.52 Å². The van der Waals surface area contributed by atoms with E-state index in [1.54, 1.807) is 0 Å². The van der Waals surface area contributed by atoms with E-state index in [1.807, 2.05) is 36.4 Å². The fourth-order valence-electron chi connectivity index (χ4n) is 8.65. The number of nitrogens with zero attached hydrogens (tertiary/aromatic N) is 4. The number of fused-ring (bicyclic) bond motifs is 9. The van der Waals surface area contributed by atoms with Gasteiger partial charge >= 0.3 is 0 Å². The summed E-state index contributed by atoms with van der Waals surface area (Å²) in [6.45, 7) is 0. The van der Waals surface area contributed by atoms with Crippen molar-refractivity contribution < 1.29 is 4.42 Å². The molecule has 12 rings (SSSR count). The molecule has 12 aromatic rings. The summed E-state index contributed by atoms with van der Waals surface area (Å²) in [5.74, 6) is 2.45. The number of benzene rings is 10. The lowest BCUT2D eigenvalue weighted by Crippen LogP contribution is -2.01. The van der Waals surface area contributed by atoms with Gasteiger partial charge in [0.25, 0.3) is 0 Å². The number of aromatic nitrogens is 4. The van der Waals surface area contributed by atoms with Gasteiger partial charge in [-0.3, -0.25) is 0 Å². The monoisotopic (exact) mass is 752 g/mol. The third kappa shape index (κ3) is 5.55. The first-order chi connectivity index (χ1) is 29.2. The van der Waals surface area contributed by atoms with Gasteiger partial charge in [0, 0.05) is 33.0 Å². The summed E-state index contributed by atoms with van der Waals surface area (Å²) >= 11 is 0. The van der Waals surface area contributed by atoms with E-state index in [0.29, 0.717) is 23.4 Å². The van der Waals surface area contributed by atoms with Gasteiger partial charge in [0.05, 0.1) is 0 Å². The average molecular weight is 753 g/mol. The Morgan fingerprint density at radius 1 is 0.305 bits per heavy atom. The smallest absolute Gasteiger partial charge is 0.227 e. The van der Waals surface area contributed by atoms with E-state index in [2.05, 4.69) is 158 Å². The van der Waals surface area contributed by atoms with Crippen molar-refractivity contribution >= 4 is 65.0 Å². The number of hydrogen-bond acceptors (Lipinski definition) is 5. The lowest BCUT2D eigenvalue weighted by atomic mass is 9.93. The Bertz CT molecular complexity index is 3620. The predicted molar refractivity (Wildman–Crippen MR) is 242 cm³/mol. The second kappa shape index (κ2) is 13.3. The maximum absolute atomic E-state index is 6.62. The first kappa shape index (κ1) is 33.2. The van der Waals surface area contributed by atoms with Gasteiger partial charge in [-0.25, -0.2) is 19.9 Å². The highest BCUT2D eigenvalue weighted by molar-refractivity contribution is 6.27. The zero-order valence-corrected chi connectivity index (χ0v) is 31.7. The Morgan fingerprint density at radius 3 is 1.75 bits per heavy atom. The quantitative estimate of drug-likeness (QED) is 0.164. The molecule has 0 aliphatic carbocycles. The fourth-order valence-corrected chi connectivity index (χ4v) is 8.65. The van der Waals surface area contributed by atoms with Crippen LogP contribution in [0.2, 0.25) is 0 Å². The number of hydrogen-bond donors (Lipinski definition) is 0. The van der Waals surface area contributed by atoms with Crippen LogP contribution in [0.1, 0.15) is 0 Å². The summed E-state index contributed by atoms with van der Waals surface area (Å²) < 4.78 is 6.62. The molecule has 0 atom stereocenters. The lowest BCUT2D eigenvalue weighted by molar-refractivity contribution is 0.623. The second-order valence-corrected chi connectivity index (χ2v) is 15.0. The van der Waals surface area contributed by atoms with Crippen LogP contribution in [-0.4, -0.2) is 19.9 Å². The van der Waals surface area contributed by atoms with Crippen molar-refractivity contribution in [2.45, 2.75) is 0 Å². The van der Waals surface area contributed by atoms with Crippen molar-refractivity contribution in [1.82, 2.24) is 19.9 Å². The summed E-state index contributed by atoms with van der Waals surface area (Å²) in [4.78, 5) is 20.7. The largest absolute Gasteiger partial charge is 0.435 e. The fraction of sp³-hybridized carbons (Fsp3) is 0. The Balaban J connectivity index is 1.09. The molecule has 5 heteroatoms. The van der Waals surface area contributed by atoms with Crippen LogP contribution in [0.3, 0.4) is 0 Å². The third-order valence-electron chi connectivity index (χ3n) is 11.5. The first-order valence-corrected chi connectivity index (χ1v) is 19.8. The average Bonchev–Trinajstić information content (AvgIpc) is 3.76. The van der Waals surface area contributed by atoms with Crippen LogP contribution in [-0.2, 0) is 0 Å². The predicted octanol–water partition coefficient (Wildman–Crippen LogP) is 14.1. The maximum atomic E-state index is 6.62. The summed E-state index contributed by atoms with van der Waals surface area (Å²) in [7, 11) is 0. The minimum absolute atomic E-state index is 0.606. The summed E-state index contributed by atoms with van der Waals surface area (Å²) in [5.41, 5.74) is 7.57. The van der Waals surface area contributed by atoms with Crippen molar-refractivity contribution in [3.8, 4) is 56.7 Å². The Hall–Kier alpha value is -8.02. The van der Waals surface area contributed by atoms with Crippen molar-refractivity contribution in [2.24, 2.45) is 0 Å². The second-order valence-electron chi connectivity index (χ2n) is 15.0. The van der Waals surface area contributed by atoms with Crippen LogP contribution in [0.4, 0.5) is 0 Å². The van der Waals surface area contributed by atoms with Gasteiger partial charge in [-0.2, -0.15) is 0 Å². The molecule has 5 nitrogen and oxygen atoms in total. The maximum Gasteiger partial charge on any atom is 0.227 e. The molecular weight excluding hydrogens is 721 g/mol. The summed E-state index contributed by atoms with van der Waals surface area (Å²) in [6.07, 6.45) is 0. The highest BCUT2D eigenvalue weighted by Crippen LogP contribution is 2.41. The van der Waals surface area contributed by atoms with Gasteiger partial charge in [-0.15, -0.1) is 0 Å². The molecule has 0 aliphatic rings. The van der Waals surface area contributed by atoms with Crippen LogP contribution >= 0.6 is 0 Å². The van der Waals surface area contributed by atoms with Crippen molar-refractivity contribution in [3.05, 3.63) is 194 Å². The van der Waals surface area contributed by atoms with E-state index in [9.17, 15) is 0 Å². The van der Waals surface area contributed by atoms with Gasteiger partial charge in [-0.05, 0) is 84.5 Å². The van der Waals surface area contributed by atoms with Crippen molar-refractivity contribution in [3.63, 3.8) is 0 Å². The van der Waals surface area contributed by atoms with Crippen LogP contribution in [0.5, 0.6) is 0 Å².